The molecule has 0 radical (unpaired) electrons. The Morgan fingerprint density at radius 1 is 1.42 bits per heavy atom. The zero-order chi connectivity index (χ0) is 17.3. The molecule has 0 fully saturated rings. The van der Waals surface area contributed by atoms with Crippen LogP contribution in [-0.4, -0.2) is 38.7 Å². The quantitative estimate of drug-likeness (QED) is 0.649. The molecule has 0 bridgehead atoms. The van der Waals surface area contributed by atoms with Gasteiger partial charge < -0.3 is 15.2 Å². The van der Waals surface area contributed by atoms with Crippen molar-refractivity contribution < 1.29 is 14.6 Å². The summed E-state index contributed by atoms with van der Waals surface area (Å²) in [5.41, 5.74) is 1.97. The largest absolute Gasteiger partial charge is 0.508 e. The maximum absolute atomic E-state index is 12.5. The number of allylic oxidation sites excluding steroid dienone is 1. The molecule has 126 valence electrons. The first-order valence-corrected chi connectivity index (χ1v) is 8.72. The number of hydrogen-bond donors (Lipinski definition) is 2. The summed E-state index contributed by atoms with van der Waals surface area (Å²) in [5, 5.41) is 17.8. The van der Waals surface area contributed by atoms with E-state index in [9.17, 15) is 9.90 Å². The van der Waals surface area contributed by atoms with E-state index in [1.165, 1.54) is 11.8 Å². The van der Waals surface area contributed by atoms with Gasteiger partial charge in [0.2, 0.25) is 11.1 Å². The number of carbonyl (C=O) groups is 1. The van der Waals surface area contributed by atoms with Gasteiger partial charge in [0.1, 0.15) is 11.8 Å². The lowest BCUT2D eigenvalue weighted by Gasteiger charge is -2.28. The number of benzene rings is 1. The molecule has 2 heterocycles. The highest BCUT2D eigenvalue weighted by Gasteiger charge is 2.35. The number of fused-ring (bicyclic) bond motifs is 1. The molecule has 2 aromatic rings. The van der Waals surface area contributed by atoms with E-state index < -0.39 is 12.0 Å². The van der Waals surface area contributed by atoms with Crippen LogP contribution in [0.2, 0.25) is 0 Å². The lowest BCUT2D eigenvalue weighted by molar-refractivity contribution is -0.139. The highest BCUT2D eigenvalue weighted by molar-refractivity contribution is 7.98. The molecular formula is C16H18N4O3S. The number of nitrogens with zero attached hydrogens (tertiary/aromatic N) is 3. The molecule has 1 aromatic heterocycles. The predicted molar refractivity (Wildman–Crippen MR) is 91.0 cm³/mol. The van der Waals surface area contributed by atoms with Crippen molar-refractivity contribution in [1.82, 2.24) is 14.8 Å². The van der Waals surface area contributed by atoms with Crippen LogP contribution in [0, 0.1) is 0 Å². The Hall–Kier alpha value is -2.48. The maximum Gasteiger partial charge on any atom is 0.338 e. The van der Waals surface area contributed by atoms with Gasteiger partial charge >= 0.3 is 5.97 Å². The van der Waals surface area contributed by atoms with Crippen LogP contribution < -0.4 is 5.32 Å². The summed E-state index contributed by atoms with van der Waals surface area (Å²) in [6, 6.07) is 6.24. The summed E-state index contributed by atoms with van der Waals surface area (Å²) in [6.45, 7) is 3.88. The molecule has 0 amide bonds. The molecule has 0 unspecified atom stereocenters. The number of anilines is 1. The minimum Gasteiger partial charge on any atom is -0.508 e. The van der Waals surface area contributed by atoms with Crippen molar-refractivity contribution in [2.75, 3.05) is 18.2 Å². The molecule has 1 aliphatic heterocycles. The first-order chi connectivity index (χ1) is 11.5. The van der Waals surface area contributed by atoms with Crippen molar-refractivity contribution >= 4 is 23.7 Å². The Balaban J connectivity index is 2.15. The number of aromatic hydroxyl groups is 1. The normalized spacial score (nSPS) is 16.5. The van der Waals surface area contributed by atoms with Crippen LogP contribution in [0.15, 0.2) is 40.7 Å². The van der Waals surface area contributed by atoms with Gasteiger partial charge in [-0.15, -0.1) is 5.10 Å². The van der Waals surface area contributed by atoms with E-state index in [0.717, 1.165) is 5.56 Å². The summed E-state index contributed by atoms with van der Waals surface area (Å²) in [4.78, 5) is 16.9. The average molecular weight is 346 g/mol. The molecule has 1 aromatic carbocycles. The Kier molecular flexibility index (Phi) is 4.48. The number of phenols is 1. The van der Waals surface area contributed by atoms with Crippen LogP contribution in [0.25, 0.3) is 0 Å². The second-order valence-electron chi connectivity index (χ2n) is 5.24. The number of nitrogens with one attached hydrogen (secondary N) is 1. The van der Waals surface area contributed by atoms with Gasteiger partial charge in [-0.1, -0.05) is 23.9 Å². The van der Waals surface area contributed by atoms with Gasteiger partial charge in [0, 0.05) is 5.70 Å². The molecular weight excluding hydrogens is 328 g/mol. The predicted octanol–water partition coefficient (Wildman–Crippen LogP) is 2.56. The molecule has 24 heavy (non-hydrogen) atoms. The monoisotopic (exact) mass is 346 g/mol. The van der Waals surface area contributed by atoms with Crippen LogP contribution in [-0.2, 0) is 9.53 Å². The van der Waals surface area contributed by atoms with Gasteiger partial charge in [0.25, 0.3) is 0 Å². The van der Waals surface area contributed by atoms with Crippen LogP contribution >= 0.6 is 11.8 Å². The summed E-state index contributed by atoms with van der Waals surface area (Å²) in [7, 11) is 0. The number of hydrogen-bond acceptors (Lipinski definition) is 7. The van der Waals surface area contributed by atoms with E-state index in [4.69, 9.17) is 4.74 Å². The molecule has 8 heteroatoms. The Bertz CT molecular complexity index is 798. The molecule has 0 saturated carbocycles. The minimum absolute atomic E-state index is 0.162. The van der Waals surface area contributed by atoms with E-state index in [1.807, 2.05) is 13.2 Å². The number of phenolic OH excluding ortho intramolecular Hbond substituents is 1. The topological polar surface area (TPSA) is 89.3 Å². The smallest absolute Gasteiger partial charge is 0.338 e. The van der Waals surface area contributed by atoms with E-state index in [-0.39, 0.29) is 12.4 Å². The molecule has 1 atom stereocenters. The van der Waals surface area contributed by atoms with E-state index >= 15 is 0 Å². The third kappa shape index (κ3) is 2.84. The van der Waals surface area contributed by atoms with Crippen molar-refractivity contribution in [2.45, 2.75) is 25.0 Å². The molecule has 2 N–H and O–H groups in total. The van der Waals surface area contributed by atoms with Crippen molar-refractivity contribution in [1.29, 1.82) is 0 Å². The zero-order valence-electron chi connectivity index (χ0n) is 13.6. The average Bonchev–Trinajstić information content (AvgIpc) is 2.97. The van der Waals surface area contributed by atoms with Gasteiger partial charge in [-0.05, 0) is 37.8 Å². The molecule has 1 aliphatic rings. The SMILES string of the molecule is CCOC(=O)C1=C(C)Nc2nc(SC)nn2[C@@H]1c1ccc(O)cc1. The summed E-state index contributed by atoms with van der Waals surface area (Å²) in [6.07, 6.45) is 1.89. The van der Waals surface area contributed by atoms with Gasteiger partial charge in [-0.2, -0.15) is 4.98 Å². The third-order valence-corrected chi connectivity index (χ3v) is 4.26. The molecule has 0 aliphatic carbocycles. The van der Waals surface area contributed by atoms with Crippen LogP contribution in [0.4, 0.5) is 5.95 Å². The Labute approximate surface area is 143 Å². The van der Waals surface area contributed by atoms with Gasteiger partial charge in [0.15, 0.2) is 0 Å². The number of esters is 1. The standard InChI is InChI=1S/C16H18N4O3S/c1-4-23-14(22)12-9(2)17-15-18-16(24-3)19-20(15)13(12)10-5-7-11(21)8-6-10/h5-8,13,21H,4H2,1-3H3,(H,17,18,19)/t13-/m1/s1. The first kappa shape index (κ1) is 16.4. The van der Waals surface area contributed by atoms with Crippen LogP contribution in [0.1, 0.15) is 25.5 Å². The third-order valence-electron chi connectivity index (χ3n) is 3.72. The fourth-order valence-corrected chi connectivity index (χ4v) is 3.00. The maximum atomic E-state index is 12.5. The number of aromatic nitrogens is 3. The fourth-order valence-electron chi connectivity index (χ4n) is 2.66. The van der Waals surface area contributed by atoms with Crippen molar-refractivity contribution in [3.63, 3.8) is 0 Å². The lowest BCUT2D eigenvalue weighted by atomic mass is 9.96. The number of thioether (sulfide) groups is 1. The number of ether oxygens (including phenoxy) is 1. The molecule has 7 nitrogen and oxygen atoms in total. The van der Waals surface area contributed by atoms with Gasteiger partial charge in [-0.25, -0.2) is 9.48 Å². The highest BCUT2D eigenvalue weighted by atomic mass is 32.2. The van der Waals surface area contributed by atoms with Crippen molar-refractivity contribution in [3.8, 4) is 5.75 Å². The van der Waals surface area contributed by atoms with E-state index in [0.29, 0.717) is 22.4 Å². The van der Waals surface area contributed by atoms with Gasteiger partial charge in [0.05, 0.1) is 12.2 Å². The summed E-state index contributed by atoms with van der Waals surface area (Å²) >= 11 is 1.43. The van der Waals surface area contributed by atoms with Gasteiger partial charge in [-0.3, -0.25) is 0 Å². The number of carbonyl (C=O) groups excluding carboxylic acids is 1. The van der Waals surface area contributed by atoms with Crippen molar-refractivity contribution in [2.24, 2.45) is 0 Å². The lowest BCUT2D eigenvalue weighted by Crippen LogP contribution is -2.29. The van der Waals surface area contributed by atoms with E-state index in [1.54, 1.807) is 35.9 Å². The molecule has 3 rings (SSSR count). The van der Waals surface area contributed by atoms with Crippen molar-refractivity contribution in [3.05, 3.63) is 41.1 Å². The molecule has 0 spiro atoms. The minimum atomic E-state index is -0.464. The first-order valence-electron chi connectivity index (χ1n) is 7.49. The second-order valence-corrected chi connectivity index (χ2v) is 6.02. The Morgan fingerprint density at radius 2 is 2.12 bits per heavy atom. The van der Waals surface area contributed by atoms with Crippen LogP contribution in [0.5, 0.6) is 5.75 Å². The zero-order valence-corrected chi connectivity index (χ0v) is 14.4. The van der Waals surface area contributed by atoms with Crippen LogP contribution in [0.3, 0.4) is 0 Å². The molecule has 0 saturated heterocycles. The van der Waals surface area contributed by atoms with E-state index in [2.05, 4.69) is 15.4 Å². The fraction of sp³-hybridized carbons (Fsp3) is 0.312. The number of rotatable bonds is 4. The highest BCUT2D eigenvalue weighted by Crippen LogP contribution is 2.36. The summed E-state index contributed by atoms with van der Waals surface area (Å²) < 4.78 is 6.90. The summed E-state index contributed by atoms with van der Waals surface area (Å²) in [5.74, 6) is 0.338. The Morgan fingerprint density at radius 3 is 2.75 bits per heavy atom. The second kappa shape index (κ2) is 6.56.